The van der Waals surface area contributed by atoms with Crippen LogP contribution in [0.3, 0.4) is 0 Å². The Morgan fingerprint density at radius 2 is 1.07 bits per heavy atom. The molecule has 6 rings (SSSR count). The van der Waals surface area contributed by atoms with Gasteiger partial charge >= 0.3 is 276 Å². The largest absolute Gasteiger partial charge is 0.147 e. The molecule has 2 unspecified atom stereocenters. The second-order valence-electron chi connectivity index (χ2n) is 15.0. The first-order chi connectivity index (χ1) is 20.9. The summed E-state index contributed by atoms with van der Waals surface area (Å²) in [4.78, 5) is 0. The fraction of sp³-hybridized carbons (Fsp3) is 0.326. The number of allylic oxidation sites excluding steroid dienone is 4. The molecule has 2 atom stereocenters. The molecular weight excluding hydrogens is 679 g/mol. The zero-order valence-corrected chi connectivity index (χ0v) is 32.8. The standard InChI is InChI=1S/C21H25.C17H18.C5H5.2ClH.Zr/c1-20(2,3)16-7-9-18-14(12-16)11-15-13-17(21(4,5)6)8-10-19(15)18;1-14(16-9-5-3-6-10-16)13-15(2)17-11-7-4-8-12-17;1-2-4-5-3-1;;;/h7-13H,1-6H3;3-12,14-15H,1-2H3;1-3H,4H2;2*1H;. The van der Waals surface area contributed by atoms with Crippen LogP contribution >= 0.6 is 24.8 Å². The van der Waals surface area contributed by atoms with E-state index >= 15 is 0 Å². The number of rotatable bonds is 6. The average Bonchev–Trinajstić information content (AvgIpc) is 3.65. The summed E-state index contributed by atoms with van der Waals surface area (Å²) in [7, 11) is 0. The van der Waals surface area contributed by atoms with Gasteiger partial charge in [0.15, 0.2) is 0 Å². The molecular formula is C43H50Cl2Zr. The third-order valence-corrected chi connectivity index (χ3v) is 19.2. The van der Waals surface area contributed by atoms with Gasteiger partial charge in [0.05, 0.1) is 0 Å². The Labute approximate surface area is 298 Å². The summed E-state index contributed by atoms with van der Waals surface area (Å²) in [6.07, 6.45) is 8.35. The van der Waals surface area contributed by atoms with E-state index in [9.17, 15) is 0 Å². The third-order valence-electron chi connectivity index (χ3n) is 10.00. The first-order valence-corrected chi connectivity index (χ1v) is 20.3. The van der Waals surface area contributed by atoms with Crippen LogP contribution in [-0.2, 0) is 32.1 Å². The summed E-state index contributed by atoms with van der Waals surface area (Å²) in [5.74, 6) is 0.762. The van der Waals surface area contributed by atoms with Gasteiger partial charge in [-0.2, -0.15) is 0 Å². The Bertz CT molecular complexity index is 1650. The zero-order chi connectivity index (χ0) is 31.2. The summed E-state index contributed by atoms with van der Waals surface area (Å²) < 4.78 is 4.00. The number of fused-ring (bicyclic) bond motifs is 3. The Balaban J connectivity index is 0.00000240. The van der Waals surface area contributed by atoms with Gasteiger partial charge in [-0.1, -0.05) is 0 Å². The molecule has 46 heavy (non-hydrogen) atoms. The maximum absolute atomic E-state index is 2.68. The summed E-state index contributed by atoms with van der Waals surface area (Å²) >= 11 is -2.68. The molecule has 0 radical (unpaired) electrons. The summed E-state index contributed by atoms with van der Waals surface area (Å²) in [5, 5.41) is 0. The molecule has 0 N–H and O–H groups in total. The van der Waals surface area contributed by atoms with E-state index in [1.54, 1.807) is 14.4 Å². The molecule has 0 heterocycles. The zero-order valence-electron chi connectivity index (χ0n) is 28.7. The molecule has 4 aromatic carbocycles. The van der Waals surface area contributed by atoms with Crippen molar-refractivity contribution in [1.82, 2.24) is 0 Å². The Morgan fingerprint density at radius 1 is 0.630 bits per heavy atom. The number of benzene rings is 4. The second kappa shape index (κ2) is 14.4. The van der Waals surface area contributed by atoms with Crippen molar-refractivity contribution in [1.29, 1.82) is 0 Å². The van der Waals surface area contributed by atoms with E-state index in [4.69, 9.17) is 0 Å². The van der Waals surface area contributed by atoms with Crippen LogP contribution in [0, 0.1) is 0 Å². The fourth-order valence-corrected chi connectivity index (χ4v) is 17.3. The third kappa shape index (κ3) is 7.09. The van der Waals surface area contributed by atoms with E-state index in [1.165, 1.54) is 33.4 Å². The summed E-state index contributed by atoms with van der Waals surface area (Å²) in [6, 6.07) is 37.6. The molecule has 0 fully saturated rings. The van der Waals surface area contributed by atoms with Gasteiger partial charge in [-0.25, -0.2) is 0 Å². The van der Waals surface area contributed by atoms with Gasteiger partial charge in [-0.3, -0.25) is 0 Å². The first kappa shape index (κ1) is 36.5. The Morgan fingerprint density at radius 3 is 1.43 bits per heavy atom. The Kier molecular flexibility index (Phi) is 11.5. The van der Waals surface area contributed by atoms with Gasteiger partial charge in [-0.05, 0) is 0 Å². The number of halogens is 2. The van der Waals surface area contributed by atoms with Crippen LogP contribution in [0.4, 0.5) is 0 Å². The van der Waals surface area contributed by atoms with Crippen LogP contribution < -0.4 is 0 Å². The van der Waals surface area contributed by atoms with Crippen molar-refractivity contribution in [2.24, 2.45) is 0 Å². The van der Waals surface area contributed by atoms with Crippen LogP contribution in [0.1, 0.15) is 111 Å². The Hall–Kier alpha value is -2.31. The molecule has 0 nitrogen and oxygen atoms in total. The van der Waals surface area contributed by atoms with Crippen molar-refractivity contribution in [3.05, 3.63) is 152 Å². The SMILES string of the molecule is CC([C](C(C)c1ccccc1)=[Zr]([C]1=CC=CC1)[CH]1c2cc(C(C)(C)C)ccc2-c2ccc(C(C)(C)C)cc21)c1ccccc1.Cl.Cl. The van der Waals surface area contributed by atoms with Crippen molar-refractivity contribution in [2.75, 3.05) is 0 Å². The van der Waals surface area contributed by atoms with Gasteiger partial charge in [-0.15, -0.1) is 24.8 Å². The topological polar surface area (TPSA) is 0 Å². The minimum absolute atomic E-state index is 0. The van der Waals surface area contributed by atoms with E-state index in [0.717, 1.165) is 6.42 Å². The molecule has 0 saturated carbocycles. The molecule has 0 bridgehead atoms. The first-order valence-electron chi connectivity index (χ1n) is 16.4. The van der Waals surface area contributed by atoms with Crippen LogP contribution in [0.15, 0.2) is 119 Å². The van der Waals surface area contributed by atoms with Gasteiger partial charge in [0.1, 0.15) is 0 Å². The molecule has 0 amide bonds. The van der Waals surface area contributed by atoms with Gasteiger partial charge in [0.25, 0.3) is 0 Å². The van der Waals surface area contributed by atoms with Crippen molar-refractivity contribution in [3.8, 4) is 11.1 Å². The average molecular weight is 729 g/mol. The quantitative estimate of drug-likeness (QED) is 0.185. The van der Waals surface area contributed by atoms with E-state index in [2.05, 4.69) is 171 Å². The van der Waals surface area contributed by atoms with Gasteiger partial charge < -0.3 is 0 Å². The molecule has 0 spiro atoms. The molecule has 4 aromatic rings. The van der Waals surface area contributed by atoms with E-state index in [1.807, 2.05) is 3.21 Å². The smallest absolute Gasteiger partial charge is 0.147 e. The molecule has 3 heteroatoms. The van der Waals surface area contributed by atoms with Gasteiger partial charge in [0.2, 0.25) is 0 Å². The maximum atomic E-state index is 2.61. The molecule has 2 aliphatic rings. The minimum atomic E-state index is -2.68. The molecule has 0 aromatic heterocycles. The molecule has 0 saturated heterocycles. The van der Waals surface area contributed by atoms with Crippen molar-refractivity contribution in [3.63, 3.8) is 0 Å². The molecule has 2 aliphatic carbocycles. The van der Waals surface area contributed by atoms with Crippen molar-refractivity contribution < 1.29 is 21.3 Å². The monoisotopic (exact) mass is 726 g/mol. The second-order valence-corrected chi connectivity index (χ2v) is 21.4. The van der Waals surface area contributed by atoms with Crippen LogP contribution in [0.25, 0.3) is 11.1 Å². The summed E-state index contributed by atoms with van der Waals surface area (Å²) in [5.41, 5.74) is 12.1. The number of hydrogen-bond acceptors (Lipinski definition) is 0. The predicted molar refractivity (Wildman–Crippen MR) is 202 cm³/mol. The van der Waals surface area contributed by atoms with E-state index < -0.39 is 21.3 Å². The van der Waals surface area contributed by atoms with Crippen LogP contribution in [-0.4, -0.2) is 3.21 Å². The van der Waals surface area contributed by atoms with Crippen LogP contribution in [0.2, 0.25) is 0 Å². The van der Waals surface area contributed by atoms with Crippen LogP contribution in [0.5, 0.6) is 0 Å². The maximum Gasteiger partial charge on any atom is -0.147 e. The summed E-state index contributed by atoms with van der Waals surface area (Å²) in [6.45, 7) is 19.2. The fourth-order valence-electron chi connectivity index (χ4n) is 7.37. The molecule has 240 valence electrons. The van der Waals surface area contributed by atoms with Gasteiger partial charge in [0, 0.05) is 0 Å². The molecule has 0 aliphatic heterocycles. The van der Waals surface area contributed by atoms with E-state index in [-0.39, 0.29) is 35.6 Å². The van der Waals surface area contributed by atoms with E-state index in [0.29, 0.717) is 15.5 Å². The minimum Gasteiger partial charge on any atom is -0.147 e. The normalized spacial score (nSPS) is 15.2. The number of hydrogen-bond donors (Lipinski definition) is 0. The van der Waals surface area contributed by atoms with Crippen molar-refractivity contribution >= 4 is 28.0 Å². The van der Waals surface area contributed by atoms with Crippen molar-refractivity contribution in [2.45, 2.75) is 88.1 Å². The predicted octanol–water partition coefficient (Wildman–Crippen LogP) is 12.4.